The molecule has 1 N–H and O–H groups in total. The minimum absolute atomic E-state index is 0.0821. The average Bonchev–Trinajstić information content (AvgIpc) is 2.96. The minimum Gasteiger partial charge on any atom is -0.462 e. The normalized spacial score (nSPS) is 28.1. The summed E-state index contributed by atoms with van der Waals surface area (Å²) < 4.78 is 25.1. The van der Waals surface area contributed by atoms with Crippen molar-refractivity contribution in [3.63, 3.8) is 0 Å². The lowest BCUT2D eigenvalue weighted by Gasteiger charge is -2.53. The first kappa shape index (κ1) is 48.4. The summed E-state index contributed by atoms with van der Waals surface area (Å²) in [4.78, 5) is 62.4. The molecule has 0 aromatic rings. The molecule has 2 unspecified atom stereocenters. The van der Waals surface area contributed by atoms with Crippen LogP contribution in [0.2, 0.25) is 0 Å². The van der Waals surface area contributed by atoms with Crippen LogP contribution in [-0.2, 0) is 38.1 Å². The maximum Gasteiger partial charge on any atom is 0.310 e. The Bertz CT molecular complexity index is 1350. The number of hydrogen-bond donors (Lipinski definition) is 1. The van der Waals surface area contributed by atoms with Crippen LogP contribution < -0.4 is 5.32 Å². The quantitative estimate of drug-likeness (QED) is 0.160. The Morgan fingerprint density at radius 1 is 0.466 bits per heavy atom. The fourth-order valence-corrected chi connectivity index (χ4v) is 12.0. The van der Waals surface area contributed by atoms with Crippen molar-refractivity contribution in [1.82, 2.24) is 15.1 Å². The van der Waals surface area contributed by atoms with Gasteiger partial charge in [-0.3, -0.25) is 29.0 Å². The largest absolute Gasteiger partial charge is 0.462 e. The molecule has 11 nitrogen and oxygen atoms in total. The van der Waals surface area contributed by atoms with E-state index in [9.17, 15) is 19.2 Å². The van der Waals surface area contributed by atoms with E-state index < -0.39 is 73.0 Å². The smallest absolute Gasteiger partial charge is 0.310 e. The van der Waals surface area contributed by atoms with E-state index in [2.05, 4.69) is 140 Å². The van der Waals surface area contributed by atoms with Crippen molar-refractivity contribution < 1.29 is 38.1 Å². The highest BCUT2D eigenvalue weighted by molar-refractivity contribution is 5.88. The molecule has 1 saturated carbocycles. The van der Waals surface area contributed by atoms with Gasteiger partial charge in [0.25, 0.3) is 0 Å². The van der Waals surface area contributed by atoms with Crippen LogP contribution in [-0.4, -0.2) is 105 Å². The monoisotopic (exact) mass is 818 g/mol. The van der Waals surface area contributed by atoms with Crippen molar-refractivity contribution in [1.29, 1.82) is 0 Å². The number of carbonyl (C=O) groups excluding carboxylic acids is 4. The highest BCUT2D eigenvalue weighted by Crippen LogP contribution is 2.47. The zero-order valence-corrected chi connectivity index (χ0v) is 39.9. The zero-order chi connectivity index (χ0) is 44.2. The van der Waals surface area contributed by atoms with Crippen molar-refractivity contribution in [2.45, 2.75) is 239 Å². The number of carbonyl (C=O) groups is 4. The van der Waals surface area contributed by atoms with Crippen LogP contribution in [0, 0.1) is 22.7 Å². The van der Waals surface area contributed by atoms with E-state index in [1.807, 2.05) is 0 Å². The molecule has 0 amide bonds. The molecule has 4 fully saturated rings. The second-order valence-corrected chi connectivity index (χ2v) is 24.4. The van der Waals surface area contributed by atoms with Crippen molar-refractivity contribution >= 4 is 23.9 Å². The van der Waals surface area contributed by atoms with Gasteiger partial charge in [-0.1, -0.05) is 27.7 Å². The van der Waals surface area contributed by atoms with E-state index in [1.54, 1.807) is 0 Å². The molecule has 4 aliphatic rings. The molecule has 3 heterocycles. The maximum atomic E-state index is 14.7. The van der Waals surface area contributed by atoms with Crippen molar-refractivity contribution in [3.8, 4) is 0 Å². The van der Waals surface area contributed by atoms with Crippen LogP contribution >= 0.6 is 0 Å². The Balaban J connectivity index is 1.70. The maximum absolute atomic E-state index is 14.7. The molecule has 0 radical (unpaired) electrons. The molecule has 334 valence electrons. The van der Waals surface area contributed by atoms with Crippen LogP contribution in [0.1, 0.15) is 181 Å². The molecule has 1 aliphatic carbocycles. The van der Waals surface area contributed by atoms with Gasteiger partial charge in [0, 0.05) is 71.8 Å². The van der Waals surface area contributed by atoms with Crippen LogP contribution in [0.5, 0.6) is 0 Å². The lowest BCUT2D eigenvalue weighted by molar-refractivity contribution is -0.180. The summed E-state index contributed by atoms with van der Waals surface area (Å²) in [5, 5.41) is 3.63. The van der Waals surface area contributed by atoms with Gasteiger partial charge in [0.2, 0.25) is 0 Å². The van der Waals surface area contributed by atoms with E-state index in [0.717, 1.165) is 6.42 Å². The van der Waals surface area contributed by atoms with Crippen LogP contribution in [0.15, 0.2) is 0 Å². The van der Waals surface area contributed by atoms with Crippen LogP contribution in [0.25, 0.3) is 0 Å². The Labute approximate surface area is 352 Å². The topological polar surface area (TPSA) is 124 Å². The van der Waals surface area contributed by atoms with Gasteiger partial charge in [-0.25, -0.2) is 0 Å². The summed E-state index contributed by atoms with van der Waals surface area (Å²) in [6.45, 7) is 34.1. The molecular weight excluding hydrogens is 735 g/mol. The molecule has 0 aromatic heterocycles. The highest BCUT2D eigenvalue weighted by Gasteiger charge is 2.49. The summed E-state index contributed by atoms with van der Waals surface area (Å²) >= 11 is 0. The predicted octanol–water partition coefficient (Wildman–Crippen LogP) is 8.39. The first-order valence-corrected chi connectivity index (χ1v) is 22.1. The van der Waals surface area contributed by atoms with Crippen molar-refractivity contribution in [2.24, 2.45) is 22.7 Å². The third-order valence-corrected chi connectivity index (χ3v) is 14.2. The highest BCUT2D eigenvalue weighted by atomic mass is 16.6. The predicted molar refractivity (Wildman–Crippen MR) is 228 cm³/mol. The number of hydrogen-bond acceptors (Lipinski definition) is 11. The van der Waals surface area contributed by atoms with Crippen molar-refractivity contribution in [2.75, 3.05) is 14.1 Å². The molecular formula is C47H83N3O8. The third-order valence-electron chi connectivity index (χ3n) is 14.2. The number of likely N-dealkylation sites (tertiary alicyclic amines) is 2. The summed E-state index contributed by atoms with van der Waals surface area (Å²) in [5.74, 6) is -5.21. The molecule has 0 spiro atoms. The number of nitrogens with zero attached hydrogens (tertiary/aromatic N) is 2. The Hall–Kier alpha value is -2.24. The molecule has 0 aromatic carbocycles. The number of piperidine rings is 3. The third kappa shape index (κ3) is 12.4. The van der Waals surface area contributed by atoms with Gasteiger partial charge < -0.3 is 24.3 Å². The van der Waals surface area contributed by atoms with Gasteiger partial charge in [-0.2, -0.15) is 0 Å². The number of ether oxygens (including phenoxy) is 4. The fourth-order valence-electron chi connectivity index (χ4n) is 12.0. The van der Waals surface area contributed by atoms with Gasteiger partial charge >= 0.3 is 23.9 Å². The van der Waals surface area contributed by atoms with Gasteiger partial charge in [0.15, 0.2) is 0 Å². The van der Waals surface area contributed by atoms with E-state index in [-0.39, 0.29) is 44.1 Å². The SMILES string of the molecule is CN1C(C)(C)CC(OC(=O)CC(C(=O)OC2CC(C)(C)CC(C)(C)C2)C(CC(=O)OC2CC(C)(C)N(C)C(C)(C)C2)C(=O)OC2CC(C)(C)NC(C)(C)C2)CC1(C)C. The van der Waals surface area contributed by atoms with Gasteiger partial charge in [-0.05, 0) is 127 Å². The average molecular weight is 818 g/mol. The number of nitrogens with one attached hydrogen (secondary N) is 1. The van der Waals surface area contributed by atoms with Crippen LogP contribution in [0.4, 0.5) is 0 Å². The Morgan fingerprint density at radius 2 is 0.741 bits per heavy atom. The summed E-state index contributed by atoms with van der Waals surface area (Å²) in [6.07, 6.45) is 3.30. The van der Waals surface area contributed by atoms with Gasteiger partial charge in [0.05, 0.1) is 24.7 Å². The van der Waals surface area contributed by atoms with E-state index in [0.29, 0.717) is 51.4 Å². The van der Waals surface area contributed by atoms with Gasteiger partial charge in [-0.15, -0.1) is 0 Å². The standard InChI is InChI=1S/C47H83N3O8/c1-40(2)21-30(22-41(3,4)29-40)57-38(53)34(19-36(51)55-32-25-44(9,10)49(17)45(11,12)26-32)35(39(54)58-31-23-42(5,6)48-43(7,8)24-31)20-37(52)56-33-27-46(13,14)50(18)47(15,16)28-33/h30-35,48H,19-29H2,1-18H3. The molecule has 11 heteroatoms. The number of rotatable bonds is 11. The molecule has 58 heavy (non-hydrogen) atoms. The van der Waals surface area contributed by atoms with E-state index in [1.165, 1.54) is 0 Å². The summed E-state index contributed by atoms with van der Waals surface area (Å²) in [7, 11) is 4.18. The molecule has 2 atom stereocenters. The summed E-state index contributed by atoms with van der Waals surface area (Å²) in [6, 6.07) is 0. The zero-order valence-electron chi connectivity index (χ0n) is 39.9. The van der Waals surface area contributed by atoms with E-state index in [4.69, 9.17) is 18.9 Å². The molecule has 4 rings (SSSR count). The second kappa shape index (κ2) is 16.6. The molecule has 3 aliphatic heterocycles. The van der Waals surface area contributed by atoms with Crippen LogP contribution in [0.3, 0.4) is 0 Å². The number of esters is 4. The Morgan fingerprint density at radius 3 is 1.05 bits per heavy atom. The van der Waals surface area contributed by atoms with Gasteiger partial charge in [0.1, 0.15) is 24.4 Å². The summed E-state index contributed by atoms with van der Waals surface area (Å²) in [5.41, 5.74) is -1.78. The lowest BCUT2D eigenvalue weighted by atomic mass is 9.64. The molecule has 0 bridgehead atoms. The van der Waals surface area contributed by atoms with Crippen molar-refractivity contribution in [3.05, 3.63) is 0 Å². The molecule has 3 saturated heterocycles. The lowest BCUT2D eigenvalue weighted by Crippen LogP contribution is -2.60. The Kier molecular flexibility index (Phi) is 13.8. The second-order valence-electron chi connectivity index (χ2n) is 24.4. The first-order chi connectivity index (χ1) is 26.0. The first-order valence-electron chi connectivity index (χ1n) is 22.1. The minimum atomic E-state index is -1.32. The fraction of sp³-hybridized carbons (Fsp3) is 0.915. The van der Waals surface area contributed by atoms with E-state index >= 15 is 0 Å².